The van der Waals surface area contributed by atoms with Crippen molar-refractivity contribution in [3.05, 3.63) is 27.9 Å². The molecule has 0 aliphatic rings. The molecule has 0 saturated heterocycles. The van der Waals surface area contributed by atoms with Crippen molar-refractivity contribution in [2.45, 2.75) is 33.6 Å². The van der Waals surface area contributed by atoms with Gasteiger partial charge in [0.15, 0.2) is 0 Å². The Morgan fingerprint density at radius 1 is 1.50 bits per heavy atom. The van der Waals surface area contributed by atoms with Gasteiger partial charge in [0.2, 0.25) is 0 Å². The van der Waals surface area contributed by atoms with E-state index in [0.717, 1.165) is 0 Å². The van der Waals surface area contributed by atoms with Crippen LogP contribution in [0.2, 0.25) is 0 Å². The van der Waals surface area contributed by atoms with Gasteiger partial charge in [0, 0.05) is 18.2 Å². The molecule has 0 unspecified atom stereocenters. The lowest BCUT2D eigenvalue weighted by Gasteiger charge is -2.16. The molecule has 1 aromatic rings. The Labute approximate surface area is 93.5 Å². The van der Waals surface area contributed by atoms with Crippen LogP contribution in [0, 0.1) is 5.41 Å². The van der Waals surface area contributed by atoms with Crippen LogP contribution in [0.25, 0.3) is 0 Å². The molecule has 0 aliphatic heterocycles. The number of aromatic nitrogens is 2. The monoisotopic (exact) mass is 224 g/mol. The highest BCUT2D eigenvalue weighted by molar-refractivity contribution is 5.69. The predicted molar refractivity (Wildman–Crippen MR) is 59.4 cm³/mol. The molecular weight excluding hydrogens is 208 g/mol. The first-order chi connectivity index (χ1) is 7.28. The van der Waals surface area contributed by atoms with Gasteiger partial charge in [-0.25, -0.2) is 4.98 Å². The van der Waals surface area contributed by atoms with Gasteiger partial charge in [-0.3, -0.25) is 9.59 Å². The molecule has 88 valence electrons. The predicted octanol–water partition coefficient (Wildman–Crippen LogP) is 0.986. The van der Waals surface area contributed by atoms with E-state index in [1.807, 2.05) is 20.8 Å². The standard InChI is InChI=1S/C11H16N2O3/c1-11(2,3)5-8-12-6-7(4-9(14)15)10(16)13-8/h6H,4-5H2,1-3H3,(H,14,15)(H,12,13,16). The van der Waals surface area contributed by atoms with E-state index in [1.54, 1.807) is 0 Å². The zero-order valence-electron chi connectivity index (χ0n) is 9.70. The van der Waals surface area contributed by atoms with Crippen LogP contribution < -0.4 is 5.56 Å². The maximum Gasteiger partial charge on any atom is 0.308 e. The minimum Gasteiger partial charge on any atom is -0.481 e. The van der Waals surface area contributed by atoms with Crippen molar-refractivity contribution >= 4 is 5.97 Å². The summed E-state index contributed by atoms with van der Waals surface area (Å²) in [6, 6.07) is 0. The topological polar surface area (TPSA) is 83.0 Å². The third-order valence-corrected chi connectivity index (χ3v) is 1.97. The molecule has 0 aliphatic carbocycles. The average molecular weight is 224 g/mol. The van der Waals surface area contributed by atoms with Crippen molar-refractivity contribution in [1.82, 2.24) is 9.97 Å². The molecule has 16 heavy (non-hydrogen) atoms. The Balaban J connectivity index is 2.91. The van der Waals surface area contributed by atoms with Crippen LogP contribution in [0.4, 0.5) is 0 Å². The largest absolute Gasteiger partial charge is 0.481 e. The van der Waals surface area contributed by atoms with Crippen molar-refractivity contribution in [3.8, 4) is 0 Å². The molecule has 1 heterocycles. The van der Waals surface area contributed by atoms with Crippen molar-refractivity contribution in [2.75, 3.05) is 0 Å². The summed E-state index contributed by atoms with van der Waals surface area (Å²) in [7, 11) is 0. The van der Waals surface area contributed by atoms with E-state index in [2.05, 4.69) is 9.97 Å². The van der Waals surface area contributed by atoms with Gasteiger partial charge in [0.05, 0.1) is 6.42 Å². The van der Waals surface area contributed by atoms with Crippen LogP contribution in [0.1, 0.15) is 32.2 Å². The van der Waals surface area contributed by atoms with Gasteiger partial charge in [0.25, 0.3) is 5.56 Å². The summed E-state index contributed by atoms with van der Waals surface area (Å²) >= 11 is 0. The SMILES string of the molecule is CC(C)(C)Cc1ncc(CC(=O)O)c(=O)[nH]1. The van der Waals surface area contributed by atoms with Crippen LogP contribution in [-0.2, 0) is 17.6 Å². The van der Waals surface area contributed by atoms with Crippen LogP contribution in [0.15, 0.2) is 11.0 Å². The molecule has 0 radical (unpaired) electrons. The molecule has 2 N–H and O–H groups in total. The summed E-state index contributed by atoms with van der Waals surface area (Å²) in [5.41, 5.74) is -0.147. The molecule has 0 saturated carbocycles. The van der Waals surface area contributed by atoms with Crippen LogP contribution in [0.5, 0.6) is 0 Å². The Kier molecular flexibility index (Phi) is 3.47. The smallest absolute Gasteiger partial charge is 0.308 e. The summed E-state index contributed by atoms with van der Waals surface area (Å²) < 4.78 is 0. The fourth-order valence-corrected chi connectivity index (χ4v) is 1.34. The number of aliphatic carboxylic acids is 1. The van der Waals surface area contributed by atoms with E-state index in [9.17, 15) is 9.59 Å². The van der Waals surface area contributed by atoms with Gasteiger partial charge in [-0.15, -0.1) is 0 Å². The molecule has 0 atom stereocenters. The minimum atomic E-state index is -1.03. The van der Waals surface area contributed by atoms with Gasteiger partial charge in [-0.2, -0.15) is 0 Å². The van der Waals surface area contributed by atoms with E-state index in [0.29, 0.717) is 12.2 Å². The number of hydrogen-bond acceptors (Lipinski definition) is 3. The van der Waals surface area contributed by atoms with Crippen molar-refractivity contribution < 1.29 is 9.90 Å². The molecule has 0 spiro atoms. The maximum absolute atomic E-state index is 11.5. The van der Waals surface area contributed by atoms with E-state index in [4.69, 9.17) is 5.11 Å². The summed E-state index contributed by atoms with van der Waals surface area (Å²) in [4.78, 5) is 28.6. The molecule has 1 rings (SSSR count). The van der Waals surface area contributed by atoms with E-state index in [1.165, 1.54) is 6.20 Å². The number of nitrogens with one attached hydrogen (secondary N) is 1. The molecule has 5 heteroatoms. The van der Waals surface area contributed by atoms with Gasteiger partial charge in [0.1, 0.15) is 5.82 Å². The summed E-state index contributed by atoms with van der Waals surface area (Å²) in [6.45, 7) is 6.12. The zero-order chi connectivity index (χ0) is 12.3. The number of carboxylic acid groups (broad SMARTS) is 1. The number of carbonyl (C=O) groups is 1. The highest BCUT2D eigenvalue weighted by Gasteiger charge is 2.14. The fraction of sp³-hybridized carbons (Fsp3) is 0.545. The number of nitrogens with zero attached hydrogens (tertiary/aromatic N) is 1. The highest BCUT2D eigenvalue weighted by atomic mass is 16.4. The molecular formula is C11H16N2O3. The average Bonchev–Trinajstić information content (AvgIpc) is 2.06. The number of aromatic amines is 1. The van der Waals surface area contributed by atoms with Gasteiger partial charge in [-0.1, -0.05) is 20.8 Å². The lowest BCUT2D eigenvalue weighted by molar-refractivity contribution is -0.136. The third-order valence-electron chi connectivity index (χ3n) is 1.97. The second-order valence-corrected chi connectivity index (χ2v) is 4.99. The first kappa shape index (κ1) is 12.4. The molecule has 0 bridgehead atoms. The van der Waals surface area contributed by atoms with Crippen LogP contribution in [0.3, 0.4) is 0 Å². The first-order valence-electron chi connectivity index (χ1n) is 5.07. The number of H-pyrrole nitrogens is 1. The summed E-state index contributed by atoms with van der Waals surface area (Å²) in [6.07, 6.45) is 1.70. The Hall–Kier alpha value is -1.65. The second-order valence-electron chi connectivity index (χ2n) is 4.99. The number of rotatable bonds is 3. The number of carboxylic acids is 1. The lowest BCUT2D eigenvalue weighted by Crippen LogP contribution is -2.21. The lowest BCUT2D eigenvalue weighted by atomic mass is 9.92. The van der Waals surface area contributed by atoms with E-state index in [-0.39, 0.29) is 23.0 Å². The van der Waals surface area contributed by atoms with Crippen LogP contribution in [-0.4, -0.2) is 21.0 Å². The quantitative estimate of drug-likeness (QED) is 0.801. The van der Waals surface area contributed by atoms with Gasteiger partial charge < -0.3 is 10.1 Å². The van der Waals surface area contributed by atoms with Crippen molar-refractivity contribution in [2.24, 2.45) is 5.41 Å². The Morgan fingerprint density at radius 2 is 2.12 bits per heavy atom. The fourth-order valence-electron chi connectivity index (χ4n) is 1.34. The third kappa shape index (κ3) is 3.84. The Bertz CT molecular complexity index is 443. The van der Waals surface area contributed by atoms with Crippen LogP contribution >= 0.6 is 0 Å². The minimum absolute atomic E-state index is 0.0320. The molecule has 0 aromatic carbocycles. The van der Waals surface area contributed by atoms with E-state index >= 15 is 0 Å². The van der Waals surface area contributed by atoms with Gasteiger partial charge in [-0.05, 0) is 5.41 Å². The van der Waals surface area contributed by atoms with Gasteiger partial charge >= 0.3 is 5.97 Å². The number of hydrogen-bond donors (Lipinski definition) is 2. The molecule has 5 nitrogen and oxygen atoms in total. The summed E-state index contributed by atoms with van der Waals surface area (Å²) in [5, 5.41) is 8.57. The highest BCUT2D eigenvalue weighted by Crippen LogP contribution is 2.17. The summed E-state index contributed by atoms with van der Waals surface area (Å²) in [5.74, 6) is -0.442. The molecule has 1 aromatic heterocycles. The van der Waals surface area contributed by atoms with Crippen molar-refractivity contribution in [3.63, 3.8) is 0 Å². The zero-order valence-corrected chi connectivity index (χ0v) is 9.70. The normalized spacial score (nSPS) is 11.4. The van der Waals surface area contributed by atoms with Crippen molar-refractivity contribution in [1.29, 1.82) is 0 Å². The maximum atomic E-state index is 11.5. The first-order valence-corrected chi connectivity index (χ1v) is 5.07. The molecule has 0 amide bonds. The molecule has 0 fully saturated rings. The Morgan fingerprint density at radius 3 is 2.56 bits per heavy atom. The second kappa shape index (κ2) is 4.47. The van der Waals surface area contributed by atoms with E-state index < -0.39 is 5.97 Å².